The molecule has 5 nitrogen and oxygen atoms in total. The molecule has 0 heterocycles. The van der Waals surface area contributed by atoms with Crippen molar-refractivity contribution >= 4 is 33.6 Å². The van der Waals surface area contributed by atoms with Crippen LogP contribution in [0.25, 0.3) is 0 Å². The van der Waals surface area contributed by atoms with Crippen molar-refractivity contribution in [1.29, 1.82) is 0 Å². The van der Waals surface area contributed by atoms with Gasteiger partial charge in [0, 0.05) is 16.7 Å². The second-order valence-electron chi connectivity index (χ2n) is 6.55. The van der Waals surface area contributed by atoms with Crippen LogP contribution in [0, 0.1) is 0 Å². The lowest BCUT2D eigenvalue weighted by Crippen LogP contribution is -2.57. The molecular weight excluding hydrogens is 394 g/mol. The number of nitrogens with one attached hydrogen (secondary N) is 3. The molecule has 0 bridgehead atoms. The molecule has 3 N–H and O–H groups in total. The van der Waals surface area contributed by atoms with E-state index in [-0.39, 0.29) is 11.9 Å². The van der Waals surface area contributed by atoms with E-state index in [1.54, 1.807) is 0 Å². The van der Waals surface area contributed by atoms with Crippen molar-refractivity contribution < 1.29 is 9.59 Å². The average Bonchev–Trinajstić information content (AvgIpc) is 3.11. The molecule has 0 atom stereocenters. The smallest absolute Gasteiger partial charge is 0.315 e. The fraction of sp³-hybridized carbons (Fsp3) is 0.300. The van der Waals surface area contributed by atoms with Gasteiger partial charge in [0.25, 0.3) is 0 Å². The first-order valence-electron chi connectivity index (χ1n) is 8.74. The molecule has 1 saturated carbocycles. The van der Waals surface area contributed by atoms with Crippen LogP contribution in [-0.4, -0.2) is 17.5 Å². The molecule has 1 aliphatic rings. The molecule has 1 aliphatic carbocycles. The number of halogens is 1. The van der Waals surface area contributed by atoms with Crippen molar-refractivity contribution in [2.24, 2.45) is 0 Å². The maximum absolute atomic E-state index is 12.9. The summed E-state index contributed by atoms with van der Waals surface area (Å²) in [6.45, 7) is 0.427. The van der Waals surface area contributed by atoms with E-state index >= 15 is 0 Å². The fourth-order valence-electron chi connectivity index (χ4n) is 3.24. The van der Waals surface area contributed by atoms with Gasteiger partial charge in [-0.1, -0.05) is 65.2 Å². The van der Waals surface area contributed by atoms with Crippen molar-refractivity contribution in [3.05, 3.63) is 64.6 Å². The van der Waals surface area contributed by atoms with Crippen LogP contribution in [0.15, 0.2) is 59.1 Å². The molecule has 2 aromatic rings. The van der Waals surface area contributed by atoms with Crippen LogP contribution in [0.1, 0.15) is 31.2 Å². The van der Waals surface area contributed by atoms with Crippen molar-refractivity contribution in [3.8, 4) is 0 Å². The molecule has 0 unspecified atom stereocenters. The minimum Gasteiger partial charge on any atom is -0.334 e. The Morgan fingerprint density at radius 1 is 1.00 bits per heavy atom. The number of carbonyl (C=O) groups is 2. The number of amides is 3. The van der Waals surface area contributed by atoms with Gasteiger partial charge in [-0.3, -0.25) is 4.79 Å². The molecular formula is C20H22BrN3O2. The second-order valence-corrected chi connectivity index (χ2v) is 7.46. The molecule has 0 radical (unpaired) electrons. The van der Waals surface area contributed by atoms with Gasteiger partial charge in [-0.05, 0) is 36.6 Å². The van der Waals surface area contributed by atoms with Crippen LogP contribution in [0.3, 0.4) is 0 Å². The summed E-state index contributed by atoms with van der Waals surface area (Å²) in [4.78, 5) is 25.3. The summed E-state index contributed by atoms with van der Waals surface area (Å²) in [6, 6.07) is 16.8. The Labute approximate surface area is 161 Å². The van der Waals surface area contributed by atoms with Gasteiger partial charge in [0.1, 0.15) is 5.54 Å². The van der Waals surface area contributed by atoms with Gasteiger partial charge >= 0.3 is 6.03 Å². The van der Waals surface area contributed by atoms with E-state index < -0.39 is 5.54 Å². The molecule has 26 heavy (non-hydrogen) atoms. The highest BCUT2D eigenvalue weighted by Crippen LogP contribution is 2.31. The topological polar surface area (TPSA) is 70.2 Å². The van der Waals surface area contributed by atoms with Crippen molar-refractivity contribution in [2.45, 2.75) is 37.8 Å². The third-order valence-corrected chi connectivity index (χ3v) is 5.12. The van der Waals surface area contributed by atoms with Crippen LogP contribution in [0.5, 0.6) is 0 Å². The average molecular weight is 416 g/mol. The molecule has 0 spiro atoms. The van der Waals surface area contributed by atoms with E-state index in [4.69, 9.17) is 0 Å². The number of rotatable bonds is 5. The predicted molar refractivity (Wildman–Crippen MR) is 106 cm³/mol. The highest BCUT2D eigenvalue weighted by Gasteiger charge is 2.42. The molecule has 0 aliphatic heterocycles. The largest absolute Gasteiger partial charge is 0.334 e. The highest BCUT2D eigenvalue weighted by atomic mass is 79.9. The maximum Gasteiger partial charge on any atom is 0.315 e. The third kappa shape index (κ3) is 4.64. The van der Waals surface area contributed by atoms with E-state index in [0.717, 1.165) is 22.9 Å². The van der Waals surface area contributed by atoms with E-state index in [9.17, 15) is 9.59 Å². The van der Waals surface area contributed by atoms with Crippen molar-refractivity contribution in [1.82, 2.24) is 10.6 Å². The standard InChI is InChI=1S/C20H22BrN3O2/c21-16-9-6-10-17(13-16)23-18(25)20(11-4-5-12-20)24-19(26)22-14-15-7-2-1-3-8-15/h1-3,6-10,13H,4-5,11-12,14H2,(H,23,25)(H2,22,24,26). The Kier molecular flexibility index (Phi) is 5.93. The maximum atomic E-state index is 12.9. The lowest BCUT2D eigenvalue weighted by Gasteiger charge is -2.29. The SMILES string of the molecule is O=C(NCc1ccccc1)NC1(C(=O)Nc2cccc(Br)c2)CCCC1. The summed E-state index contributed by atoms with van der Waals surface area (Å²) in [6.07, 6.45) is 3.13. The number of carbonyl (C=O) groups excluding carboxylic acids is 2. The van der Waals surface area contributed by atoms with Crippen molar-refractivity contribution in [2.75, 3.05) is 5.32 Å². The summed E-state index contributed by atoms with van der Waals surface area (Å²) in [7, 11) is 0. The van der Waals surface area contributed by atoms with Gasteiger partial charge < -0.3 is 16.0 Å². The summed E-state index contributed by atoms with van der Waals surface area (Å²) in [5.41, 5.74) is 0.868. The van der Waals surface area contributed by atoms with Gasteiger partial charge in [-0.25, -0.2) is 4.79 Å². The Morgan fingerprint density at radius 2 is 1.73 bits per heavy atom. The predicted octanol–water partition coefficient (Wildman–Crippen LogP) is 4.20. The monoisotopic (exact) mass is 415 g/mol. The first-order chi connectivity index (χ1) is 12.6. The summed E-state index contributed by atoms with van der Waals surface area (Å²) >= 11 is 3.40. The first-order valence-corrected chi connectivity index (χ1v) is 9.54. The van der Waals surface area contributed by atoms with E-state index in [1.165, 1.54) is 0 Å². The normalized spacial score (nSPS) is 15.3. The van der Waals surface area contributed by atoms with Gasteiger partial charge in [-0.2, -0.15) is 0 Å². The van der Waals surface area contributed by atoms with Gasteiger partial charge in [0.15, 0.2) is 0 Å². The lowest BCUT2D eigenvalue weighted by atomic mass is 9.96. The fourth-order valence-corrected chi connectivity index (χ4v) is 3.64. The molecule has 0 saturated heterocycles. The zero-order valence-electron chi connectivity index (χ0n) is 14.4. The van der Waals surface area contributed by atoms with E-state index in [2.05, 4.69) is 31.9 Å². The van der Waals surface area contributed by atoms with Crippen LogP contribution in [0.2, 0.25) is 0 Å². The molecule has 3 amide bonds. The van der Waals surface area contributed by atoms with Crippen molar-refractivity contribution in [3.63, 3.8) is 0 Å². The zero-order chi connectivity index (χ0) is 18.4. The summed E-state index contributed by atoms with van der Waals surface area (Å²) in [5, 5.41) is 8.70. The lowest BCUT2D eigenvalue weighted by molar-refractivity contribution is -0.121. The summed E-state index contributed by atoms with van der Waals surface area (Å²) in [5.74, 6) is -0.164. The quantitative estimate of drug-likeness (QED) is 0.684. The Bertz CT molecular complexity index is 774. The molecule has 2 aromatic carbocycles. The Hall–Kier alpha value is -2.34. The molecule has 136 valence electrons. The third-order valence-electron chi connectivity index (χ3n) is 4.62. The van der Waals surface area contributed by atoms with E-state index in [1.807, 2.05) is 54.6 Å². The minimum absolute atomic E-state index is 0.164. The van der Waals surface area contributed by atoms with E-state index in [0.29, 0.717) is 25.1 Å². The van der Waals surface area contributed by atoms with Gasteiger partial charge in [0.05, 0.1) is 0 Å². The Morgan fingerprint density at radius 3 is 2.42 bits per heavy atom. The van der Waals surface area contributed by atoms with Crippen LogP contribution in [-0.2, 0) is 11.3 Å². The highest BCUT2D eigenvalue weighted by molar-refractivity contribution is 9.10. The number of anilines is 1. The first kappa shape index (κ1) is 18.5. The number of hydrogen-bond donors (Lipinski definition) is 3. The Balaban J connectivity index is 1.63. The zero-order valence-corrected chi connectivity index (χ0v) is 16.0. The number of benzene rings is 2. The minimum atomic E-state index is -0.858. The van der Waals surface area contributed by atoms with Gasteiger partial charge in [-0.15, -0.1) is 0 Å². The second kappa shape index (κ2) is 8.36. The molecule has 6 heteroatoms. The summed E-state index contributed by atoms with van der Waals surface area (Å²) < 4.78 is 0.893. The molecule has 1 fully saturated rings. The number of urea groups is 1. The van der Waals surface area contributed by atoms with Gasteiger partial charge in [0.2, 0.25) is 5.91 Å². The van der Waals surface area contributed by atoms with Crippen LogP contribution >= 0.6 is 15.9 Å². The molecule has 0 aromatic heterocycles. The number of hydrogen-bond acceptors (Lipinski definition) is 2. The van der Waals surface area contributed by atoms with Crippen LogP contribution in [0.4, 0.5) is 10.5 Å². The molecule has 3 rings (SSSR count). The van der Waals surface area contributed by atoms with Crippen LogP contribution < -0.4 is 16.0 Å².